The third-order valence-corrected chi connectivity index (χ3v) is 11.5. The number of halogens is 5. The van der Waals surface area contributed by atoms with Gasteiger partial charge in [-0.05, 0) is 67.1 Å². The van der Waals surface area contributed by atoms with E-state index in [-0.39, 0.29) is 37.2 Å². The highest BCUT2D eigenvalue weighted by molar-refractivity contribution is 5.44. The molecule has 3 N–H and O–H groups in total. The molecule has 234 valence electrons. The van der Waals surface area contributed by atoms with Crippen molar-refractivity contribution in [2.45, 2.75) is 114 Å². The zero-order valence-electron chi connectivity index (χ0n) is 24.4. The first-order chi connectivity index (χ1) is 19.4. The molecule has 1 aliphatic heterocycles. The zero-order valence-corrected chi connectivity index (χ0v) is 24.4. The van der Waals surface area contributed by atoms with Gasteiger partial charge in [-0.2, -0.15) is 22.0 Å². The summed E-state index contributed by atoms with van der Waals surface area (Å²) in [4.78, 5) is 0. The van der Waals surface area contributed by atoms with E-state index in [1.807, 2.05) is 13.8 Å². The third-order valence-electron chi connectivity index (χ3n) is 11.5. The number of hydrogen-bond donors (Lipinski definition) is 3. The average Bonchev–Trinajstić information content (AvgIpc) is 3.20. The van der Waals surface area contributed by atoms with Crippen LogP contribution in [0.5, 0.6) is 0 Å². The first kappa shape index (κ1) is 30.4. The summed E-state index contributed by atoms with van der Waals surface area (Å²) in [5, 5.41) is 33.2. The van der Waals surface area contributed by atoms with Crippen LogP contribution in [0.3, 0.4) is 0 Å². The minimum atomic E-state index is -5.89. The molecule has 1 heterocycles. The summed E-state index contributed by atoms with van der Waals surface area (Å²) >= 11 is 0. The highest BCUT2D eigenvalue weighted by Crippen LogP contribution is 2.71. The highest BCUT2D eigenvalue weighted by Gasteiger charge is 2.79. The van der Waals surface area contributed by atoms with Gasteiger partial charge >= 0.3 is 12.1 Å². The number of ether oxygens (including phenoxy) is 2. The summed E-state index contributed by atoms with van der Waals surface area (Å²) in [6.07, 6.45) is -4.71. The molecule has 1 aromatic rings. The van der Waals surface area contributed by atoms with Crippen LogP contribution in [0, 0.1) is 22.7 Å². The van der Waals surface area contributed by atoms with E-state index in [1.165, 1.54) is 6.92 Å². The maximum absolute atomic E-state index is 15.2. The molecule has 1 saturated heterocycles. The van der Waals surface area contributed by atoms with Gasteiger partial charge in [-0.15, -0.1) is 0 Å². The van der Waals surface area contributed by atoms with Gasteiger partial charge in [0.15, 0.2) is 5.79 Å². The van der Waals surface area contributed by atoms with Crippen molar-refractivity contribution in [1.29, 1.82) is 0 Å². The van der Waals surface area contributed by atoms with Gasteiger partial charge in [0.25, 0.3) is 0 Å². The molecule has 0 aromatic heterocycles. The van der Waals surface area contributed by atoms with Crippen molar-refractivity contribution in [3.63, 3.8) is 0 Å². The van der Waals surface area contributed by atoms with Crippen LogP contribution in [0.4, 0.5) is 22.0 Å². The van der Waals surface area contributed by atoms with Crippen LogP contribution >= 0.6 is 0 Å². The van der Waals surface area contributed by atoms with Gasteiger partial charge in [0, 0.05) is 29.6 Å². The van der Waals surface area contributed by atoms with E-state index in [0.29, 0.717) is 50.0 Å². The van der Waals surface area contributed by atoms with Crippen molar-refractivity contribution >= 4 is 0 Å². The Labute approximate surface area is 243 Å². The molecule has 6 atom stereocenters. The molecule has 3 saturated carbocycles. The predicted octanol–water partition coefficient (Wildman–Crippen LogP) is 6.40. The molecule has 0 amide bonds. The van der Waals surface area contributed by atoms with Crippen molar-refractivity contribution in [3.8, 4) is 0 Å². The molecule has 42 heavy (non-hydrogen) atoms. The molecule has 4 aliphatic carbocycles. The van der Waals surface area contributed by atoms with Gasteiger partial charge in [-0.3, -0.25) is 0 Å². The summed E-state index contributed by atoms with van der Waals surface area (Å²) < 4.78 is 84.2. The van der Waals surface area contributed by atoms with Crippen molar-refractivity contribution in [2.24, 2.45) is 22.7 Å². The number of aliphatic hydroxyl groups excluding tert-OH is 1. The molecular formula is C32H41F5O5. The zero-order chi connectivity index (χ0) is 30.6. The summed E-state index contributed by atoms with van der Waals surface area (Å²) in [6, 6.07) is 6.97. The Bertz CT molecular complexity index is 1250. The quantitative estimate of drug-likeness (QED) is 0.277. The van der Waals surface area contributed by atoms with Gasteiger partial charge in [-0.25, -0.2) is 0 Å². The first-order valence-corrected chi connectivity index (χ1v) is 15.0. The summed E-state index contributed by atoms with van der Waals surface area (Å²) in [6.45, 7) is 6.29. The molecule has 5 aliphatic rings. The Kier molecular flexibility index (Phi) is 6.85. The van der Waals surface area contributed by atoms with Crippen LogP contribution in [-0.4, -0.2) is 57.6 Å². The van der Waals surface area contributed by atoms with Crippen molar-refractivity contribution in [3.05, 3.63) is 46.5 Å². The van der Waals surface area contributed by atoms with Gasteiger partial charge in [0.2, 0.25) is 0 Å². The van der Waals surface area contributed by atoms with Crippen LogP contribution in [-0.2, 0) is 16.1 Å². The fraction of sp³-hybridized carbons (Fsp3) is 0.750. The minimum Gasteiger partial charge on any atom is -0.392 e. The maximum Gasteiger partial charge on any atom is 0.456 e. The van der Waals surface area contributed by atoms with Crippen LogP contribution < -0.4 is 0 Å². The maximum atomic E-state index is 15.2. The topological polar surface area (TPSA) is 79.2 Å². The van der Waals surface area contributed by atoms with Crippen LogP contribution in [0.1, 0.15) is 89.2 Å². The largest absolute Gasteiger partial charge is 0.456 e. The Balaban J connectivity index is 1.45. The van der Waals surface area contributed by atoms with Crippen LogP contribution in [0.15, 0.2) is 35.4 Å². The van der Waals surface area contributed by atoms with E-state index in [2.05, 4.69) is 0 Å². The Morgan fingerprint density at radius 1 is 0.905 bits per heavy atom. The number of rotatable bonds is 3. The van der Waals surface area contributed by atoms with Gasteiger partial charge in [0.1, 0.15) is 5.60 Å². The Morgan fingerprint density at radius 2 is 1.55 bits per heavy atom. The first-order valence-electron chi connectivity index (χ1n) is 15.0. The second kappa shape index (κ2) is 9.46. The number of hydrogen-bond acceptors (Lipinski definition) is 5. The van der Waals surface area contributed by atoms with Crippen LogP contribution in [0.2, 0.25) is 0 Å². The lowest BCUT2D eigenvalue weighted by Gasteiger charge is -2.59. The number of allylic oxidation sites excluding steroid dienone is 1. The molecule has 0 bridgehead atoms. The molecule has 0 radical (unpaired) electrons. The fourth-order valence-electron chi connectivity index (χ4n) is 9.16. The van der Waals surface area contributed by atoms with Crippen molar-refractivity contribution in [2.75, 3.05) is 13.2 Å². The van der Waals surface area contributed by atoms with E-state index in [1.54, 1.807) is 24.3 Å². The average molecular weight is 601 g/mol. The molecular weight excluding hydrogens is 559 g/mol. The SMILES string of the molecule is CC1(C)COC2(CCC3=C4C(CC[C@@]3(O)C2)C2CC[C@@](O)(C(F)(F)C(F)(F)F)C2(C)C[C@@H]4c2ccc(CO)cc2)OC1. The summed E-state index contributed by atoms with van der Waals surface area (Å²) in [5.41, 5.74) is -3.32. The molecule has 3 unspecified atom stereocenters. The third kappa shape index (κ3) is 4.25. The van der Waals surface area contributed by atoms with E-state index in [9.17, 15) is 28.5 Å². The number of fused-ring (bicyclic) bond motifs is 4. The van der Waals surface area contributed by atoms with Gasteiger partial charge in [0.05, 0.1) is 25.4 Å². The monoisotopic (exact) mass is 600 g/mol. The van der Waals surface area contributed by atoms with Crippen LogP contribution in [0.25, 0.3) is 0 Å². The molecule has 1 aromatic carbocycles. The summed E-state index contributed by atoms with van der Waals surface area (Å²) in [5.74, 6) is -7.75. The number of aliphatic hydroxyl groups is 3. The van der Waals surface area contributed by atoms with Gasteiger partial charge in [-0.1, -0.05) is 50.6 Å². The summed E-state index contributed by atoms with van der Waals surface area (Å²) in [7, 11) is 0. The normalized spacial score (nSPS) is 39.5. The smallest absolute Gasteiger partial charge is 0.392 e. The van der Waals surface area contributed by atoms with E-state index in [0.717, 1.165) is 11.1 Å². The number of alkyl halides is 5. The Morgan fingerprint density at radius 3 is 2.14 bits per heavy atom. The molecule has 1 spiro atoms. The Hall–Kier alpha value is -1.59. The lowest BCUT2D eigenvalue weighted by molar-refractivity contribution is -0.362. The van der Waals surface area contributed by atoms with Gasteiger partial charge < -0.3 is 24.8 Å². The van der Waals surface area contributed by atoms with Crippen molar-refractivity contribution < 1.29 is 46.7 Å². The molecule has 6 rings (SSSR count). The van der Waals surface area contributed by atoms with E-state index in [4.69, 9.17) is 9.47 Å². The van der Waals surface area contributed by atoms with E-state index >= 15 is 8.78 Å². The molecule has 10 heteroatoms. The lowest BCUT2D eigenvalue weighted by atomic mass is 9.49. The predicted molar refractivity (Wildman–Crippen MR) is 143 cm³/mol. The standard InChI is InChI=1S/C32H41F5O5/c1-26(2)17-41-29(42-18-26)12-9-24-25-21(8-11-28(24,39)16-29)23-10-13-30(40,31(33,34)32(35,36)37)27(23,3)14-22(25)20-6-4-19(15-38)5-7-20/h4-7,21-23,38-40H,8-18H2,1-3H3/t21?,22-,23?,27?,28-,30+/m1/s1. The highest BCUT2D eigenvalue weighted by atomic mass is 19.4. The van der Waals surface area contributed by atoms with E-state index < -0.39 is 52.8 Å². The minimum absolute atomic E-state index is 0.0416. The second-order valence-corrected chi connectivity index (χ2v) is 14.6. The lowest BCUT2D eigenvalue weighted by Crippen LogP contribution is -2.65. The number of benzene rings is 1. The molecule has 4 fully saturated rings. The fourth-order valence-corrected chi connectivity index (χ4v) is 9.16. The van der Waals surface area contributed by atoms with Crippen molar-refractivity contribution in [1.82, 2.24) is 0 Å². The second-order valence-electron chi connectivity index (χ2n) is 14.6. The molecule has 5 nitrogen and oxygen atoms in total.